The van der Waals surface area contributed by atoms with E-state index in [1.54, 1.807) is 0 Å². The van der Waals surface area contributed by atoms with Crippen LogP contribution < -0.4 is 0 Å². The molecule has 1 saturated heterocycles. The van der Waals surface area contributed by atoms with E-state index in [4.69, 9.17) is 11.6 Å². The second-order valence-electron chi connectivity index (χ2n) is 7.81. The standard InChI is InChI=1S/C20H28ClNO2/c1-5-17(23)8-9-19(24)22-12-14(13-22)10-15-6-7-16(21)11-18(15)20(2,3)4/h6-7,11,14H,5,8-10,12-13H2,1-4H3. The number of likely N-dealkylation sites (tertiary alicyclic amines) is 1. The molecule has 0 spiro atoms. The monoisotopic (exact) mass is 349 g/mol. The first-order valence-electron chi connectivity index (χ1n) is 8.79. The predicted molar refractivity (Wildman–Crippen MR) is 98.5 cm³/mol. The summed E-state index contributed by atoms with van der Waals surface area (Å²) in [5, 5.41) is 0.773. The Labute approximate surface area is 150 Å². The zero-order valence-electron chi connectivity index (χ0n) is 15.2. The summed E-state index contributed by atoms with van der Waals surface area (Å²) in [5.74, 6) is 0.773. The Morgan fingerprint density at radius 2 is 1.88 bits per heavy atom. The Balaban J connectivity index is 1.90. The van der Waals surface area contributed by atoms with Crippen LogP contribution in [0, 0.1) is 5.92 Å². The van der Waals surface area contributed by atoms with Crippen molar-refractivity contribution < 1.29 is 9.59 Å². The van der Waals surface area contributed by atoms with Crippen LogP contribution >= 0.6 is 11.6 Å². The average Bonchev–Trinajstić information content (AvgIpc) is 2.47. The van der Waals surface area contributed by atoms with E-state index in [1.165, 1.54) is 11.1 Å². The summed E-state index contributed by atoms with van der Waals surface area (Å²) in [6.07, 6.45) is 2.22. The van der Waals surface area contributed by atoms with E-state index in [0.717, 1.165) is 24.5 Å². The number of benzene rings is 1. The second-order valence-corrected chi connectivity index (χ2v) is 8.25. The number of rotatable bonds is 6. The lowest BCUT2D eigenvalue weighted by Gasteiger charge is -2.40. The molecule has 0 radical (unpaired) electrons. The first kappa shape index (κ1) is 19.0. The SMILES string of the molecule is CCC(=O)CCC(=O)N1CC(Cc2ccc(Cl)cc2C(C)(C)C)C1. The third-order valence-corrected chi connectivity index (χ3v) is 4.95. The van der Waals surface area contributed by atoms with Gasteiger partial charge in [0.2, 0.25) is 5.91 Å². The van der Waals surface area contributed by atoms with Crippen molar-refractivity contribution in [2.45, 2.75) is 58.8 Å². The maximum Gasteiger partial charge on any atom is 0.223 e. The minimum Gasteiger partial charge on any atom is -0.342 e. The van der Waals surface area contributed by atoms with Crippen molar-refractivity contribution in [1.29, 1.82) is 0 Å². The molecule has 1 amide bonds. The Bertz CT molecular complexity index is 613. The lowest BCUT2D eigenvalue weighted by Crippen LogP contribution is -2.50. The molecule has 3 nitrogen and oxygen atoms in total. The molecular weight excluding hydrogens is 322 g/mol. The van der Waals surface area contributed by atoms with Gasteiger partial charge in [-0.15, -0.1) is 0 Å². The molecule has 1 heterocycles. The molecule has 0 saturated carbocycles. The highest BCUT2D eigenvalue weighted by Crippen LogP contribution is 2.32. The number of ketones is 1. The Hall–Kier alpha value is -1.35. The van der Waals surface area contributed by atoms with Gasteiger partial charge in [-0.05, 0) is 41.0 Å². The van der Waals surface area contributed by atoms with Crippen LogP contribution in [0.15, 0.2) is 18.2 Å². The maximum absolute atomic E-state index is 12.1. The molecule has 0 unspecified atom stereocenters. The Morgan fingerprint density at radius 1 is 1.21 bits per heavy atom. The maximum atomic E-state index is 12.1. The molecule has 4 heteroatoms. The summed E-state index contributed by atoms with van der Waals surface area (Å²) in [5.41, 5.74) is 2.67. The summed E-state index contributed by atoms with van der Waals surface area (Å²) in [6.45, 7) is 10.0. The van der Waals surface area contributed by atoms with Crippen LogP contribution in [0.5, 0.6) is 0 Å². The number of Topliss-reactive ketones (excluding diaryl/α,β-unsaturated/α-hetero) is 1. The Kier molecular flexibility index (Phi) is 6.08. The first-order chi connectivity index (χ1) is 11.2. The fraction of sp³-hybridized carbons (Fsp3) is 0.600. The fourth-order valence-corrected chi connectivity index (χ4v) is 3.39. The van der Waals surface area contributed by atoms with E-state index in [0.29, 0.717) is 25.2 Å². The molecule has 0 aromatic heterocycles. The smallest absolute Gasteiger partial charge is 0.223 e. The van der Waals surface area contributed by atoms with Crippen LogP contribution in [0.1, 0.15) is 58.1 Å². The van der Waals surface area contributed by atoms with Gasteiger partial charge in [0.25, 0.3) is 0 Å². The Morgan fingerprint density at radius 3 is 2.46 bits per heavy atom. The van der Waals surface area contributed by atoms with Crippen LogP contribution in [-0.2, 0) is 21.4 Å². The van der Waals surface area contributed by atoms with Gasteiger partial charge in [-0.3, -0.25) is 9.59 Å². The summed E-state index contributed by atoms with van der Waals surface area (Å²) in [6, 6.07) is 6.13. The molecule has 1 aromatic rings. The topological polar surface area (TPSA) is 37.4 Å². The molecule has 1 aliphatic heterocycles. The molecular formula is C20H28ClNO2. The van der Waals surface area contributed by atoms with Crippen LogP contribution in [0.4, 0.5) is 0 Å². The van der Waals surface area contributed by atoms with Gasteiger partial charge < -0.3 is 4.90 Å². The van der Waals surface area contributed by atoms with Gasteiger partial charge in [0.05, 0.1) is 0 Å². The van der Waals surface area contributed by atoms with Crippen molar-refractivity contribution in [2.24, 2.45) is 5.92 Å². The van der Waals surface area contributed by atoms with Crippen LogP contribution in [0.3, 0.4) is 0 Å². The van der Waals surface area contributed by atoms with Gasteiger partial charge in [0.1, 0.15) is 5.78 Å². The van der Waals surface area contributed by atoms with Crippen molar-refractivity contribution in [2.75, 3.05) is 13.1 Å². The number of halogens is 1. The van der Waals surface area contributed by atoms with Gasteiger partial charge in [-0.1, -0.05) is 45.4 Å². The van der Waals surface area contributed by atoms with Gasteiger partial charge in [-0.2, -0.15) is 0 Å². The third kappa shape index (κ3) is 4.83. The van der Waals surface area contributed by atoms with E-state index in [2.05, 4.69) is 32.9 Å². The molecule has 24 heavy (non-hydrogen) atoms. The molecule has 0 atom stereocenters. The number of nitrogens with zero attached hydrogens (tertiary/aromatic N) is 1. The van der Waals surface area contributed by atoms with Crippen LogP contribution in [0.2, 0.25) is 5.02 Å². The average molecular weight is 350 g/mol. The highest BCUT2D eigenvalue weighted by molar-refractivity contribution is 6.30. The van der Waals surface area contributed by atoms with Crippen LogP contribution in [0.25, 0.3) is 0 Å². The van der Waals surface area contributed by atoms with Gasteiger partial charge in [0.15, 0.2) is 0 Å². The second kappa shape index (κ2) is 7.69. The summed E-state index contributed by atoms with van der Waals surface area (Å²) < 4.78 is 0. The van der Waals surface area contributed by atoms with Crippen LogP contribution in [-0.4, -0.2) is 29.7 Å². The summed E-state index contributed by atoms with van der Waals surface area (Å²) in [7, 11) is 0. The first-order valence-corrected chi connectivity index (χ1v) is 9.17. The molecule has 0 aliphatic carbocycles. The number of carbonyl (C=O) groups excluding carboxylic acids is 2. The van der Waals surface area contributed by atoms with E-state index < -0.39 is 0 Å². The number of carbonyl (C=O) groups is 2. The van der Waals surface area contributed by atoms with E-state index >= 15 is 0 Å². The molecule has 1 aromatic carbocycles. The fourth-order valence-electron chi connectivity index (χ4n) is 3.22. The lowest BCUT2D eigenvalue weighted by atomic mass is 9.80. The number of amides is 1. The molecule has 132 valence electrons. The van der Waals surface area contributed by atoms with E-state index in [-0.39, 0.29) is 17.1 Å². The van der Waals surface area contributed by atoms with Crippen molar-refractivity contribution >= 4 is 23.3 Å². The number of hydrogen-bond acceptors (Lipinski definition) is 2. The zero-order chi connectivity index (χ0) is 17.9. The lowest BCUT2D eigenvalue weighted by molar-refractivity contribution is -0.138. The van der Waals surface area contributed by atoms with E-state index in [1.807, 2.05) is 17.9 Å². The van der Waals surface area contributed by atoms with Crippen molar-refractivity contribution in [3.63, 3.8) is 0 Å². The van der Waals surface area contributed by atoms with Gasteiger partial charge in [0, 0.05) is 37.4 Å². The molecule has 1 aliphatic rings. The molecule has 0 N–H and O–H groups in total. The van der Waals surface area contributed by atoms with Crippen molar-refractivity contribution in [3.8, 4) is 0 Å². The summed E-state index contributed by atoms with van der Waals surface area (Å²) >= 11 is 6.16. The minimum absolute atomic E-state index is 0.0556. The van der Waals surface area contributed by atoms with Crippen molar-refractivity contribution in [1.82, 2.24) is 4.90 Å². The van der Waals surface area contributed by atoms with E-state index in [9.17, 15) is 9.59 Å². The third-order valence-electron chi connectivity index (χ3n) is 4.71. The normalized spacial score (nSPS) is 15.3. The number of hydrogen-bond donors (Lipinski definition) is 0. The minimum atomic E-state index is 0.0556. The zero-order valence-corrected chi connectivity index (χ0v) is 15.9. The largest absolute Gasteiger partial charge is 0.342 e. The van der Waals surface area contributed by atoms with Gasteiger partial charge >= 0.3 is 0 Å². The van der Waals surface area contributed by atoms with Crippen molar-refractivity contribution in [3.05, 3.63) is 34.3 Å². The predicted octanol–water partition coefficient (Wildman–Crippen LogP) is 4.40. The highest BCUT2D eigenvalue weighted by Gasteiger charge is 2.31. The molecule has 1 fully saturated rings. The molecule has 0 bridgehead atoms. The molecule has 2 rings (SSSR count). The highest BCUT2D eigenvalue weighted by atomic mass is 35.5. The summed E-state index contributed by atoms with van der Waals surface area (Å²) in [4.78, 5) is 25.3. The quantitative estimate of drug-likeness (QED) is 0.763. The van der Waals surface area contributed by atoms with Gasteiger partial charge in [-0.25, -0.2) is 0 Å².